The number of aromatic nitrogens is 1. The minimum atomic E-state index is -0.890. The third-order valence-corrected chi connectivity index (χ3v) is 7.56. The first-order valence-electron chi connectivity index (χ1n) is 11.1. The van der Waals surface area contributed by atoms with E-state index >= 15 is 4.39 Å². The number of pyridine rings is 1. The second-order valence-corrected chi connectivity index (χ2v) is 9.24. The third-order valence-electron chi connectivity index (χ3n) is 7.56. The topological polar surface area (TPSA) is 76.9 Å². The molecule has 0 saturated carbocycles. The van der Waals surface area contributed by atoms with Gasteiger partial charge < -0.3 is 15.1 Å². The van der Waals surface area contributed by atoms with Crippen molar-refractivity contribution in [1.82, 2.24) is 9.88 Å². The number of halogens is 1. The monoisotopic (exact) mass is 425 g/mol. The number of aliphatic hydroxyl groups is 1. The Bertz CT molecular complexity index is 972. The maximum Gasteiger partial charge on any atom is 0.408 e. The lowest BCUT2D eigenvalue weighted by molar-refractivity contribution is -0.0390. The lowest BCUT2D eigenvalue weighted by atomic mass is 9.72. The predicted molar refractivity (Wildman–Crippen MR) is 115 cm³/mol. The number of anilines is 1. The van der Waals surface area contributed by atoms with E-state index < -0.39 is 17.7 Å². The molecule has 4 heterocycles. The second-order valence-electron chi connectivity index (χ2n) is 9.24. The summed E-state index contributed by atoms with van der Waals surface area (Å²) < 4.78 is 15.1. The first-order chi connectivity index (χ1) is 15.0. The summed E-state index contributed by atoms with van der Waals surface area (Å²) in [6, 6.07) is 8.91. The molecule has 2 N–H and O–H groups in total. The van der Waals surface area contributed by atoms with Crippen LogP contribution in [0.15, 0.2) is 42.7 Å². The summed E-state index contributed by atoms with van der Waals surface area (Å²) in [7, 11) is 0. The SMILES string of the molecule is O=C(O)N1C2CCC1(C1CCCN(c3ccc(-c4cccnc4)cc3F)C1)CC(O)C2. The summed E-state index contributed by atoms with van der Waals surface area (Å²) >= 11 is 0. The van der Waals surface area contributed by atoms with Crippen LogP contribution in [0.1, 0.15) is 38.5 Å². The average molecular weight is 426 g/mol. The lowest BCUT2D eigenvalue weighted by Crippen LogP contribution is -2.62. The van der Waals surface area contributed by atoms with Crippen molar-refractivity contribution < 1.29 is 19.4 Å². The standard InChI is InChI=1S/C24H28FN3O3/c25-21-11-16(17-3-1-9-26-14-17)5-6-22(21)27-10-2-4-18(15-27)24-8-7-19(12-20(29)13-24)28(24)23(30)31/h1,3,5-6,9,11,14,18-20,29H,2,4,7-8,10,12-13,15H2,(H,30,31). The quantitative estimate of drug-likeness (QED) is 0.773. The first-order valence-corrected chi connectivity index (χ1v) is 11.1. The Labute approximate surface area is 181 Å². The maximum absolute atomic E-state index is 15.1. The summed E-state index contributed by atoms with van der Waals surface area (Å²) in [4.78, 5) is 19.9. The van der Waals surface area contributed by atoms with Crippen LogP contribution in [-0.2, 0) is 0 Å². The molecule has 0 spiro atoms. The molecule has 164 valence electrons. The molecular weight excluding hydrogens is 397 g/mol. The molecule has 3 aliphatic rings. The van der Waals surface area contributed by atoms with Crippen molar-refractivity contribution in [3.63, 3.8) is 0 Å². The fourth-order valence-electron chi connectivity index (χ4n) is 6.28. The van der Waals surface area contributed by atoms with Crippen LogP contribution >= 0.6 is 0 Å². The highest BCUT2D eigenvalue weighted by Gasteiger charge is 2.57. The molecule has 3 aliphatic heterocycles. The number of amides is 1. The van der Waals surface area contributed by atoms with Gasteiger partial charge in [0.15, 0.2) is 0 Å². The van der Waals surface area contributed by atoms with E-state index in [1.54, 1.807) is 23.4 Å². The van der Waals surface area contributed by atoms with Gasteiger partial charge in [-0.1, -0.05) is 12.1 Å². The van der Waals surface area contributed by atoms with Gasteiger partial charge in [0, 0.05) is 43.0 Å². The molecule has 0 aliphatic carbocycles. The van der Waals surface area contributed by atoms with Gasteiger partial charge in [0.25, 0.3) is 0 Å². The summed E-state index contributed by atoms with van der Waals surface area (Å²) in [5.74, 6) is -0.197. The van der Waals surface area contributed by atoms with Gasteiger partial charge in [0.2, 0.25) is 0 Å². The predicted octanol–water partition coefficient (Wildman–Crippen LogP) is 4.14. The van der Waals surface area contributed by atoms with E-state index in [4.69, 9.17) is 0 Å². The van der Waals surface area contributed by atoms with E-state index in [0.717, 1.165) is 43.4 Å². The number of aliphatic hydroxyl groups excluding tert-OH is 1. The molecular formula is C24H28FN3O3. The number of piperidine rings is 2. The van der Waals surface area contributed by atoms with Crippen molar-refractivity contribution in [2.75, 3.05) is 18.0 Å². The summed E-state index contributed by atoms with van der Waals surface area (Å²) in [5.41, 5.74) is 1.67. The van der Waals surface area contributed by atoms with E-state index in [0.29, 0.717) is 25.1 Å². The number of nitrogens with zero attached hydrogens (tertiary/aromatic N) is 3. The third kappa shape index (κ3) is 3.45. The van der Waals surface area contributed by atoms with Crippen molar-refractivity contribution in [2.45, 2.75) is 56.2 Å². The highest BCUT2D eigenvalue weighted by molar-refractivity contribution is 5.68. The van der Waals surface area contributed by atoms with Crippen molar-refractivity contribution in [2.24, 2.45) is 5.92 Å². The van der Waals surface area contributed by atoms with Crippen LogP contribution in [0.5, 0.6) is 0 Å². The molecule has 4 atom stereocenters. The smallest absolute Gasteiger partial charge is 0.408 e. The molecule has 2 bridgehead atoms. The summed E-state index contributed by atoms with van der Waals surface area (Å²) in [5, 5.41) is 20.4. The molecule has 6 nitrogen and oxygen atoms in total. The Balaban J connectivity index is 1.41. The largest absolute Gasteiger partial charge is 0.465 e. The van der Waals surface area contributed by atoms with Crippen molar-refractivity contribution >= 4 is 11.8 Å². The maximum atomic E-state index is 15.1. The lowest BCUT2D eigenvalue weighted by Gasteiger charge is -2.52. The minimum Gasteiger partial charge on any atom is -0.465 e. The second kappa shape index (κ2) is 7.79. The average Bonchev–Trinajstić information content (AvgIpc) is 3.03. The van der Waals surface area contributed by atoms with E-state index in [1.165, 1.54) is 0 Å². The van der Waals surface area contributed by atoms with Gasteiger partial charge in [-0.3, -0.25) is 9.88 Å². The van der Waals surface area contributed by atoms with Crippen LogP contribution < -0.4 is 4.90 Å². The van der Waals surface area contributed by atoms with Crippen LogP contribution in [0.4, 0.5) is 14.9 Å². The van der Waals surface area contributed by atoms with Crippen LogP contribution in [-0.4, -0.2) is 57.0 Å². The highest BCUT2D eigenvalue weighted by Crippen LogP contribution is 2.51. The highest BCUT2D eigenvalue weighted by atomic mass is 19.1. The number of carbonyl (C=O) groups is 1. The Morgan fingerprint density at radius 2 is 2.10 bits per heavy atom. The Kier molecular flexibility index (Phi) is 5.08. The first kappa shape index (κ1) is 20.2. The van der Waals surface area contributed by atoms with Crippen LogP contribution in [0.3, 0.4) is 0 Å². The van der Waals surface area contributed by atoms with Crippen molar-refractivity contribution in [1.29, 1.82) is 0 Å². The number of rotatable bonds is 3. The summed E-state index contributed by atoms with van der Waals surface area (Å²) in [6.07, 6.45) is 6.42. The molecule has 1 amide bonds. The fraction of sp³-hybridized carbons (Fsp3) is 0.500. The van der Waals surface area contributed by atoms with E-state index in [1.807, 2.05) is 24.3 Å². The van der Waals surface area contributed by atoms with Gasteiger partial charge >= 0.3 is 6.09 Å². The van der Waals surface area contributed by atoms with Crippen molar-refractivity contribution in [3.8, 4) is 11.1 Å². The minimum absolute atomic E-state index is 0.0784. The molecule has 31 heavy (non-hydrogen) atoms. The number of fused-ring (bicyclic) bond motifs is 2. The Morgan fingerprint density at radius 3 is 2.84 bits per heavy atom. The van der Waals surface area contributed by atoms with Crippen molar-refractivity contribution in [3.05, 3.63) is 48.5 Å². The molecule has 1 aromatic carbocycles. The van der Waals surface area contributed by atoms with Crippen LogP contribution in [0.25, 0.3) is 11.1 Å². The van der Waals surface area contributed by atoms with Crippen LogP contribution in [0.2, 0.25) is 0 Å². The molecule has 3 fully saturated rings. The zero-order chi connectivity index (χ0) is 21.6. The summed E-state index contributed by atoms with van der Waals surface area (Å²) in [6.45, 7) is 1.35. The van der Waals surface area contributed by atoms with E-state index in [9.17, 15) is 15.0 Å². The molecule has 0 radical (unpaired) electrons. The number of hydrogen-bond donors (Lipinski definition) is 2. The van der Waals surface area contributed by atoms with E-state index in [-0.39, 0.29) is 17.8 Å². The van der Waals surface area contributed by atoms with E-state index in [2.05, 4.69) is 9.88 Å². The molecule has 2 aromatic rings. The normalized spacial score (nSPS) is 30.5. The molecule has 3 saturated heterocycles. The van der Waals surface area contributed by atoms with Gasteiger partial charge in [-0.15, -0.1) is 0 Å². The Hall–Kier alpha value is -2.67. The molecule has 7 heteroatoms. The number of carboxylic acid groups (broad SMARTS) is 1. The zero-order valence-corrected chi connectivity index (χ0v) is 17.5. The van der Waals surface area contributed by atoms with Gasteiger partial charge in [-0.2, -0.15) is 0 Å². The van der Waals surface area contributed by atoms with Gasteiger partial charge in [-0.05, 0) is 62.3 Å². The van der Waals surface area contributed by atoms with Crippen LogP contribution in [0, 0.1) is 11.7 Å². The molecule has 5 rings (SSSR count). The van der Waals surface area contributed by atoms with Gasteiger partial charge in [0.1, 0.15) is 5.82 Å². The fourth-order valence-corrected chi connectivity index (χ4v) is 6.28. The molecule has 4 unspecified atom stereocenters. The van der Waals surface area contributed by atoms with Gasteiger partial charge in [-0.25, -0.2) is 9.18 Å². The zero-order valence-electron chi connectivity index (χ0n) is 17.5. The number of benzene rings is 1. The Morgan fingerprint density at radius 1 is 1.23 bits per heavy atom. The van der Waals surface area contributed by atoms with Gasteiger partial charge in [0.05, 0.1) is 17.3 Å². The number of hydrogen-bond acceptors (Lipinski definition) is 4. The molecule has 1 aromatic heterocycles.